The van der Waals surface area contributed by atoms with Gasteiger partial charge in [-0.15, -0.1) is 0 Å². The minimum Gasteiger partial charge on any atom is -0.385 e. The van der Waals surface area contributed by atoms with Gasteiger partial charge in [0, 0.05) is 26.2 Å². The third-order valence-corrected chi connectivity index (χ3v) is 6.07. The highest BCUT2D eigenvalue weighted by Crippen LogP contribution is 2.43. The van der Waals surface area contributed by atoms with Crippen LogP contribution in [0, 0.1) is 24.2 Å². The number of aliphatic hydroxyl groups is 1. The van der Waals surface area contributed by atoms with Gasteiger partial charge >= 0.3 is 0 Å². The van der Waals surface area contributed by atoms with E-state index in [0.717, 1.165) is 55.5 Å². The van der Waals surface area contributed by atoms with Gasteiger partial charge in [-0.1, -0.05) is 35.9 Å². The van der Waals surface area contributed by atoms with E-state index < -0.39 is 5.60 Å². The number of rotatable bonds is 8. The summed E-state index contributed by atoms with van der Waals surface area (Å²) in [6.45, 7) is 4.60. The standard InChI is InChI=1S/C25H32N2O2/c1-19-7-5-8-21(15-19)23-16-20(17-26)10-11-24(23)25(28,12-3-4-14-29-2)22-9-6-13-27-18-22/h5,7-8,10-11,15-16,22,27-28H,3-4,6,9,12-14,18H2,1-2H3/t22-,25+/m1/s1. The van der Waals surface area contributed by atoms with Crippen LogP contribution in [-0.4, -0.2) is 31.9 Å². The van der Waals surface area contributed by atoms with E-state index in [1.54, 1.807) is 7.11 Å². The summed E-state index contributed by atoms with van der Waals surface area (Å²) in [7, 11) is 1.72. The Morgan fingerprint density at radius 2 is 2.10 bits per heavy atom. The maximum atomic E-state index is 12.1. The molecule has 0 unspecified atom stereocenters. The van der Waals surface area contributed by atoms with Crippen LogP contribution in [-0.2, 0) is 10.3 Å². The van der Waals surface area contributed by atoms with E-state index in [2.05, 4.69) is 36.5 Å². The number of piperidine rings is 1. The molecule has 0 spiro atoms. The maximum Gasteiger partial charge on any atom is 0.0991 e. The summed E-state index contributed by atoms with van der Waals surface area (Å²) < 4.78 is 5.21. The molecule has 0 amide bonds. The number of hydrogen-bond acceptors (Lipinski definition) is 4. The van der Waals surface area contributed by atoms with E-state index in [9.17, 15) is 10.4 Å². The van der Waals surface area contributed by atoms with Gasteiger partial charge in [0.25, 0.3) is 0 Å². The quantitative estimate of drug-likeness (QED) is 0.648. The highest BCUT2D eigenvalue weighted by molar-refractivity contribution is 5.71. The molecule has 2 N–H and O–H groups in total. The number of aryl methyl sites for hydroxylation is 1. The Bertz CT molecular complexity index is 852. The van der Waals surface area contributed by atoms with Crippen molar-refractivity contribution < 1.29 is 9.84 Å². The van der Waals surface area contributed by atoms with Gasteiger partial charge < -0.3 is 15.2 Å². The molecule has 3 rings (SSSR count). The second-order valence-electron chi connectivity index (χ2n) is 8.16. The molecule has 154 valence electrons. The predicted molar refractivity (Wildman–Crippen MR) is 117 cm³/mol. The molecule has 1 heterocycles. The highest BCUT2D eigenvalue weighted by atomic mass is 16.5. The van der Waals surface area contributed by atoms with Gasteiger partial charge in [-0.25, -0.2) is 0 Å². The average molecular weight is 393 g/mol. The van der Waals surface area contributed by atoms with E-state index in [4.69, 9.17) is 4.74 Å². The molecule has 4 heteroatoms. The average Bonchev–Trinajstić information content (AvgIpc) is 2.77. The SMILES string of the molecule is COCCCC[C@@](O)(c1ccc(C#N)cc1-c1cccc(C)c1)[C@@H]1CCCNC1. The number of ether oxygens (including phenoxy) is 1. The van der Waals surface area contributed by atoms with E-state index in [0.29, 0.717) is 18.6 Å². The van der Waals surface area contributed by atoms with Gasteiger partial charge in [-0.3, -0.25) is 0 Å². The summed E-state index contributed by atoms with van der Waals surface area (Å²) in [4.78, 5) is 0. The predicted octanol–water partition coefficient (Wildman–Crippen LogP) is 4.54. The number of unbranched alkanes of at least 4 members (excludes halogenated alkanes) is 1. The first-order valence-corrected chi connectivity index (χ1v) is 10.6. The van der Waals surface area contributed by atoms with E-state index in [1.807, 2.05) is 24.3 Å². The largest absolute Gasteiger partial charge is 0.385 e. The van der Waals surface area contributed by atoms with Gasteiger partial charge in [-0.05, 0) is 74.4 Å². The Balaban J connectivity index is 2.07. The fourth-order valence-corrected chi connectivity index (χ4v) is 4.50. The van der Waals surface area contributed by atoms with Crippen LogP contribution in [0.1, 0.15) is 48.8 Å². The van der Waals surface area contributed by atoms with Crippen molar-refractivity contribution in [1.82, 2.24) is 5.32 Å². The molecule has 1 fully saturated rings. The fraction of sp³-hybridized carbons (Fsp3) is 0.480. The van der Waals surface area contributed by atoms with Crippen molar-refractivity contribution in [3.8, 4) is 17.2 Å². The molecule has 2 atom stereocenters. The first kappa shape index (κ1) is 21.5. The van der Waals surface area contributed by atoms with E-state index >= 15 is 0 Å². The number of nitrogens with one attached hydrogen (secondary N) is 1. The third kappa shape index (κ3) is 5.05. The van der Waals surface area contributed by atoms with Crippen molar-refractivity contribution in [2.24, 2.45) is 5.92 Å². The normalized spacial score (nSPS) is 18.8. The van der Waals surface area contributed by atoms with Gasteiger partial charge in [0.1, 0.15) is 0 Å². The molecule has 4 nitrogen and oxygen atoms in total. The van der Waals surface area contributed by atoms with Gasteiger partial charge in [0.2, 0.25) is 0 Å². The molecule has 2 aromatic rings. The number of benzene rings is 2. The molecule has 0 saturated carbocycles. The fourth-order valence-electron chi connectivity index (χ4n) is 4.50. The van der Waals surface area contributed by atoms with Crippen molar-refractivity contribution in [2.75, 3.05) is 26.8 Å². The molecule has 1 saturated heterocycles. The molecule has 0 aromatic heterocycles. The lowest BCUT2D eigenvalue weighted by molar-refractivity contribution is -0.0429. The Kier molecular flexibility index (Phi) is 7.44. The van der Waals surface area contributed by atoms with Crippen LogP contribution in [0.15, 0.2) is 42.5 Å². The lowest BCUT2D eigenvalue weighted by atomic mass is 9.72. The lowest BCUT2D eigenvalue weighted by Gasteiger charge is -2.40. The van der Waals surface area contributed by atoms with Crippen molar-refractivity contribution in [2.45, 2.75) is 44.6 Å². The van der Waals surface area contributed by atoms with Crippen LogP contribution in [0.5, 0.6) is 0 Å². The molecular formula is C25H32N2O2. The monoisotopic (exact) mass is 392 g/mol. The zero-order valence-electron chi connectivity index (χ0n) is 17.6. The molecule has 0 radical (unpaired) electrons. The van der Waals surface area contributed by atoms with Crippen LogP contribution >= 0.6 is 0 Å². The summed E-state index contributed by atoms with van der Waals surface area (Å²) in [5.74, 6) is 0.148. The highest BCUT2D eigenvalue weighted by Gasteiger charge is 2.40. The number of nitriles is 1. The minimum absolute atomic E-state index is 0.148. The second kappa shape index (κ2) is 10.0. The number of nitrogens with zero attached hydrogens (tertiary/aromatic N) is 1. The zero-order valence-corrected chi connectivity index (χ0v) is 17.6. The summed E-state index contributed by atoms with van der Waals surface area (Å²) in [6, 6.07) is 16.3. The topological polar surface area (TPSA) is 65.3 Å². The van der Waals surface area contributed by atoms with Crippen molar-refractivity contribution in [1.29, 1.82) is 5.26 Å². The Hall–Kier alpha value is -2.19. The first-order chi connectivity index (χ1) is 14.1. The van der Waals surface area contributed by atoms with Crippen LogP contribution in [0.25, 0.3) is 11.1 Å². The van der Waals surface area contributed by atoms with Crippen molar-refractivity contribution >= 4 is 0 Å². The second-order valence-corrected chi connectivity index (χ2v) is 8.16. The van der Waals surface area contributed by atoms with Crippen LogP contribution in [0.4, 0.5) is 0 Å². The summed E-state index contributed by atoms with van der Waals surface area (Å²) in [5, 5.41) is 25.1. The molecule has 0 aliphatic carbocycles. The Morgan fingerprint density at radius 1 is 1.24 bits per heavy atom. The Morgan fingerprint density at radius 3 is 2.79 bits per heavy atom. The maximum absolute atomic E-state index is 12.1. The van der Waals surface area contributed by atoms with E-state index in [-0.39, 0.29) is 5.92 Å². The van der Waals surface area contributed by atoms with Crippen LogP contribution < -0.4 is 5.32 Å². The molecule has 29 heavy (non-hydrogen) atoms. The molecule has 2 aromatic carbocycles. The number of hydrogen-bond donors (Lipinski definition) is 2. The summed E-state index contributed by atoms with van der Waals surface area (Å²) >= 11 is 0. The van der Waals surface area contributed by atoms with Crippen LogP contribution in [0.3, 0.4) is 0 Å². The Labute approximate surface area is 174 Å². The van der Waals surface area contributed by atoms with Gasteiger partial charge in [0.05, 0.1) is 17.2 Å². The number of methoxy groups -OCH3 is 1. The molecule has 1 aliphatic heterocycles. The van der Waals surface area contributed by atoms with Gasteiger partial charge in [0.15, 0.2) is 0 Å². The zero-order chi connectivity index (χ0) is 20.7. The van der Waals surface area contributed by atoms with E-state index in [1.165, 1.54) is 5.56 Å². The van der Waals surface area contributed by atoms with Crippen molar-refractivity contribution in [3.05, 3.63) is 59.2 Å². The van der Waals surface area contributed by atoms with Crippen LogP contribution in [0.2, 0.25) is 0 Å². The minimum atomic E-state index is -0.936. The molecule has 0 bridgehead atoms. The summed E-state index contributed by atoms with van der Waals surface area (Å²) in [5.41, 5.74) is 3.80. The van der Waals surface area contributed by atoms with Gasteiger partial charge in [-0.2, -0.15) is 5.26 Å². The van der Waals surface area contributed by atoms with Crippen molar-refractivity contribution in [3.63, 3.8) is 0 Å². The first-order valence-electron chi connectivity index (χ1n) is 10.6. The molecular weight excluding hydrogens is 360 g/mol. The smallest absolute Gasteiger partial charge is 0.0991 e. The third-order valence-electron chi connectivity index (χ3n) is 6.07. The lowest BCUT2D eigenvalue weighted by Crippen LogP contribution is -2.44. The summed E-state index contributed by atoms with van der Waals surface area (Å²) in [6.07, 6.45) is 4.58. The molecule has 1 aliphatic rings.